The Bertz CT molecular complexity index is 388. The zero-order valence-electron chi connectivity index (χ0n) is 10.2. The van der Waals surface area contributed by atoms with Gasteiger partial charge >= 0.3 is 0 Å². The van der Waals surface area contributed by atoms with Crippen LogP contribution >= 0.6 is 15.9 Å². The maximum Gasteiger partial charge on any atom is 0.124 e. The van der Waals surface area contributed by atoms with Crippen molar-refractivity contribution in [1.82, 2.24) is 4.90 Å². The fraction of sp³-hybridized carbons (Fsp3) is 0.538. The van der Waals surface area contributed by atoms with Gasteiger partial charge in [-0.2, -0.15) is 0 Å². The first-order chi connectivity index (χ1) is 7.97. The predicted molar refractivity (Wildman–Crippen MR) is 69.4 cm³/mol. The van der Waals surface area contributed by atoms with Crippen molar-refractivity contribution in [3.63, 3.8) is 0 Å². The SMILES string of the molecule is CC1(C)COCCN1Cc1cc(F)cc(Br)c1. The molecule has 0 aliphatic carbocycles. The molecule has 1 aromatic carbocycles. The third-order valence-electron chi connectivity index (χ3n) is 3.11. The summed E-state index contributed by atoms with van der Waals surface area (Å²) >= 11 is 3.32. The average molecular weight is 302 g/mol. The summed E-state index contributed by atoms with van der Waals surface area (Å²) in [5.41, 5.74) is 1.00. The van der Waals surface area contributed by atoms with Crippen molar-refractivity contribution < 1.29 is 9.13 Å². The van der Waals surface area contributed by atoms with E-state index in [0.717, 1.165) is 36.3 Å². The van der Waals surface area contributed by atoms with E-state index in [1.54, 1.807) is 6.07 Å². The lowest BCUT2D eigenvalue weighted by molar-refractivity contribution is -0.0553. The highest BCUT2D eigenvalue weighted by Crippen LogP contribution is 2.23. The molecule has 0 unspecified atom stereocenters. The van der Waals surface area contributed by atoms with Crippen molar-refractivity contribution in [2.45, 2.75) is 25.9 Å². The van der Waals surface area contributed by atoms with E-state index < -0.39 is 0 Å². The van der Waals surface area contributed by atoms with Crippen LogP contribution in [0.3, 0.4) is 0 Å². The molecule has 94 valence electrons. The Hall–Kier alpha value is -0.450. The second-order valence-corrected chi connectivity index (χ2v) is 5.98. The van der Waals surface area contributed by atoms with Crippen molar-refractivity contribution in [1.29, 1.82) is 0 Å². The molecule has 0 bridgehead atoms. The van der Waals surface area contributed by atoms with Gasteiger partial charge in [0.05, 0.1) is 13.2 Å². The fourth-order valence-corrected chi connectivity index (χ4v) is 2.62. The second kappa shape index (κ2) is 5.04. The van der Waals surface area contributed by atoms with Crippen molar-refractivity contribution in [3.8, 4) is 0 Å². The lowest BCUT2D eigenvalue weighted by Crippen LogP contribution is -2.52. The van der Waals surface area contributed by atoms with E-state index in [2.05, 4.69) is 34.7 Å². The van der Waals surface area contributed by atoms with Gasteiger partial charge in [-0.3, -0.25) is 4.90 Å². The van der Waals surface area contributed by atoms with Gasteiger partial charge in [-0.05, 0) is 37.6 Å². The van der Waals surface area contributed by atoms with Gasteiger partial charge in [0.2, 0.25) is 0 Å². The fourth-order valence-electron chi connectivity index (χ4n) is 2.11. The molecule has 0 saturated carbocycles. The molecule has 1 aliphatic heterocycles. The molecule has 0 N–H and O–H groups in total. The molecular weight excluding hydrogens is 285 g/mol. The van der Waals surface area contributed by atoms with E-state index in [-0.39, 0.29) is 11.4 Å². The zero-order valence-corrected chi connectivity index (χ0v) is 11.8. The van der Waals surface area contributed by atoms with Gasteiger partial charge in [0.25, 0.3) is 0 Å². The number of halogens is 2. The summed E-state index contributed by atoms with van der Waals surface area (Å²) in [6.07, 6.45) is 0. The van der Waals surface area contributed by atoms with Crippen LogP contribution in [0.1, 0.15) is 19.4 Å². The highest BCUT2D eigenvalue weighted by atomic mass is 79.9. The van der Waals surface area contributed by atoms with Crippen LogP contribution in [0.4, 0.5) is 4.39 Å². The molecule has 2 nitrogen and oxygen atoms in total. The lowest BCUT2D eigenvalue weighted by atomic mass is 10.0. The van der Waals surface area contributed by atoms with Crippen molar-refractivity contribution in [2.75, 3.05) is 19.8 Å². The Morgan fingerprint density at radius 2 is 2.18 bits per heavy atom. The Kier molecular flexibility index (Phi) is 3.85. The number of hydrogen-bond acceptors (Lipinski definition) is 2. The number of nitrogens with zero attached hydrogens (tertiary/aromatic N) is 1. The van der Waals surface area contributed by atoms with Gasteiger partial charge in [-0.25, -0.2) is 4.39 Å². The summed E-state index contributed by atoms with van der Waals surface area (Å²) in [5, 5.41) is 0. The minimum absolute atomic E-state index is 0.0110. The highest BCUT2D eigenvalue weighted by molar-refractivity contribution is 9.10. The monoisotopic (exact) mass is 301 g/mol. The topological polar surface area (TPSA) is 12.5 Å². The third kappa shape index (κ3) is 3.27. The molecule has 0 atom stereocenters. The number of hydrogen-bond donors (Lipinski definition) is 0. The number of morpholine rings is 1. The molecule has 2 rings (SSSR count). The molecule has 1 aliphatic rings. The van der Waals surface area contributed by atoms with Crippen LogP contribution in [-0.2, 0) is 11.3 Å². The van der Waals surface area contributed by atoms with E-state index in [9.17, 15) is 4.39 Å². The van der Waals surface area contributed by atoms with E-state index >= 15 is 0 Å². The smallest absolute Gasteiger partial charge is 0.124 e. The van der Waals surface area contributed by atoms with Crippen molar-refractivity contribution in [3.05, 3.63) is 34.1 Å². The molecule has 1 aromatic rings. The second-order valence-electron chi connectivity index (χ2n) is 5.06. The minimum Gasteiger partial charge on any atom is -0.378 e. The maximum absolute atomic E-state index is 13.3. The first kappa shape index (κ1) is 13.0. The minimum atomic E-state index is -0.194. The summed E-state index contributed by atoms with van der Waals surface area (Å²) in [7, 11) is 0. The van der Waals surface area contributed by atoms with Gasteiger partial charge < -0.3 is 4.74 Å². The van der Waals surface area contributed by atoms with Crippen LogP contribution in [0.2, 0.25) is 0 Å². The maximum atomic E-state index is 13.3. The Morgan fingerprint density at radius 3 is 2.82 bits per heavy atom. The van der Waals surface area contributed by atoms with Gasteiger partial charge in [-0.15, -0.1) is 0 Å². The summed E-state index contributed by atoms with van der Waals surface area (Å²) in [5.74, 6) is -0.194. The highest BCUT2D eigenvalue weighted by Gasteiger charge is 2.30. The summed E-state index contributed by atoms with van der Waals surface area (Å²) in [4.78, 5) is 2.33. The van der Waals surface area contributed by atoms with Crippen molar-refractivity contribution in [2.24, 2.45) is 0 Å². The van der Waals surface area contributed by atoms with Crippen LogP contribution in [-0.4, -0.2) is 30.2 Å². The third-order valence-corrected chi connectivity index (χ3v) is 3.57. The molecule has 0 spiro atoms. The quantitative estimate of drug-likeness (QED) is 0.832. The predicted octanol–water partition coefficient (Wildman–Crippen LogP) is 3.20. The Labute approximate surface area is 110 Å². The largest absolute Gasteiger partial charge is 0.378 e. The van der Waals surface area contributed by atoms with E-state index in [1.807, 2.05) is 6.07 Å². The van der Waals surface area contributed by atoms with Gasteiger partial charge in [0.1, 0.15) is 5.82 Å². The molecule has 4 heteroatoms. The normalized spacial score (nSPS) is 20.5. The number of rotatable bonds is 2. The molecule has 0 amide bonds. The summed E-state index contributed by atoms with van der Waals surface area (Å²) in [6, 6.07) is 5.04. The first-order valence-corrected chi connectivity index (χ1v) is 6.54. The van der Waals surface area contributed by atoms with Crippen LogP contribution < -0.4 is 0 Å². The van der Waals surface area contributed by atoms with Crippen molar-refractivity contribution >= 4 is 15.9 Å². The molecule has 1 heterocycles. The number of benzene rings is 1. The molecule has 0 aromatic heterocycles. The average Bonchev–Trinajstić information content (AvgIpc) is 2.19. The molecule has 0 radical (unpaired) electrons. The van der Waals surface area contributed by atoms with Crippen LogP contribution in [0, 0.1) is 5.82 Å². The Morgan fingerprint density at radius 1 is 1.41 bits per heavy atom. The van der Waals surface area contributed by atoms with Gasteiger partial charge in [0, 0.05) is 23.1 Å². The first-order valence-electron chi connectivity index (χ1n) is 5.75. The number of ether oxygens (including phenoxy) is 1. The summed E-state index contributed by atoms with van der Waals surface area (Å²) in [6.45, 7) is 7.43. The summed E-state index contributed by atoms with van der Waals surface area (Å²) < 4.78 is 19.6. The lowest BCUT2D eigenvalue weighted by Gasteiger charge is -2.42. The van der Waals surface area contributed by atoms with Crippen LogP contribution in [0.25, 0.3) is 0 Å². The van der Waals surface area contributed by atoms with Gasteiger partial charge in [0.15, 0.2) is 0 Å². The van der Waals surface area contributed by atoms with Gasteiger partial charge in [-0.1, -0.05) is 15.9 Å². The standard InChI is InChI=1S/C13H17BrFNO/c1-13(2)9-17-4-3-16(13)8-10-5-11(14)7-12(15)6-10/h5-7H,3-4,8-9H2,1-2H3. The molecule has 1 fully saturated rings. The molecule has 1 saturated heterocycles. The Balaban J connectivity index is 2.14. The van der Waals surface area contributed by atoms with E-state index in [1.165, 1.54) is 6.07 Å². The van der Waals surface area contributed by atoms with Crippen LogP contribution in [0.15, 0.2) is 22.7 Å². The van der Waals surface area contributed by atoms with Crippen LogP contribution in [0.5, 0.6) is 0 Å². The molecule has 17 heavy (non-hydrogen) atoms. The zero-order chi connectivity index (χ0) is 12.5. The van der Waals surface area contributed by atoms with E-state index in [4.69, 9.17) is 4.74 Å². The molecular formula is C13H17BrFNO. The van der Waals surface area contributed by atoms with E-state index in [0.29, 0.717) is 0 Å².